The van der Waals surface area contributed by atoms with Gasteiger partial charge in [-0.05, 0) is 38.8 Å². The zero-order chi connectivity index (χ0) is 17.3. The van der Waals surface area contributed by atoms with E-state index in [1.807, 2.05) is 13.0 Å². The van der Waals surface area contributed by atoms with Gasteiger partial charge >= 0.3 is 12.2 Å². The van der Waals surface area contributed by atoms with Crippen LogP contribution in [-0.4, -0.2) is 31.2 Å². The molecular formula is C17H34N6+2. The highest BCUT2D eigenvalue weighted by Gasteiger charge is 2.26. The Hall–Kier alpha value is -1.50. The molecule has 6 nitrogen and oxygen atoms in total. The fourth-order valence-corrected chi connectivity index (χ4v) is 2.58. The molecule has 0 aliphatic rings. The van der Waals surface area contributed by atoms with Crippen molar-refractivity contribution in [2.75, 3.05) is 13.1 Å². The van der Waals surface area contributed by atoms with E-state index in [1.165, 1.54) is 12.6 Å². The maximum atomic E-state index is 9.02. The van der Waals surface area contributed by atoms with Crippen LogP contribution in [-0.2, 0) is 0 Å². The highest BCUT2D eigenvalue weighted by Crippen LogP contribution is 2.12. The van der Waals surface area contributed by atoms with Crippen molar-refractivity contribution in [1.29, 1.82) is 10.8 Å². The van der Waals surface area contributed by atoms with Gasteiger partial charge in [-0.3, -0.25) is 0 Å². The monoisotopic (exact) mass is 322 g/mol. The van der Waals surface area contributed by atoms with Crippen LogP contribution in [0.5, 0.6) is 0 Å². The van der Waals surface area contributed by atoms with Crippen molar-refractivity contribution in [3.63, 3.8) is 0 Å². The van der Waals surface area contributed by atoms with E-state index in [2.05, 4.69) is 34.4 Å². The van der Waals surface area contributed by atoms with Crippen LogP contribution < -0.4 is 10.6 Å². The number of rotatable bonds is 14. The van der Waals surface area contributed by atoms with Gasteiger partial charge in [-0.15, -0.1) is 0 Å². The third kappa shape index (κ3) is 11.7. The quantitative estimate of drug-likeness (QED) is 0.369. The standard InChI is InChI=1S/C17H34N6/c1-4-6-11-20-16(10-8-9-13-22-18)17(14-15(3)23-19)21-12-7-5-2/h9,13,15-17,20-21H,4-8,10-12,14H2,1-3H3/q+2. The summed E-state index contributed by atoms with van der Waals surface area (Å²) in [6.07, 6.45) is 10.5. The lowest BCUT2D eigenvalue weighted by Gasteiger charge is -2.28. The van der Waals surface area contributed by atoms with E-state index in [0.29, 0.717) is 6.04 Å². The number of hydrogen-bond acceptors (Lipinski definition) is 4. The van der Waals surface area contributed by atoms with Crippen LogP contribution >= 0.6 is 0 Å². The van der Waals surface area contributed by atoms with Crippen LogP contribution in [0.1, 0.15) is 65.7 Å². The minimum atomic E-state index is -0.0763. The Balaban J connectivity index is 4.73. The summed E-state index contributed by atoms with van der Waals surface area (Å²) in [6, 6.07) is 0.502. The third-order valence-corrected chi connectivity index (χ3v) is 3.97. The predicted octanol–water partition coefficient (Wildman–Crippen LogP) is 4.28. The van der Waals surface area contributed by atoms with Crippen LogP contribution in [0.25, 0.3) is 9.95 Å². The minimum Gasteiger partial charge on any atom is -0.312 e. The highest BCUT2D eigenvalue weighted by atomic mass is 15.0. The molecular weight excluding hydrogens is 288 g/mol. The summed E-state index contributed by atoms with van der Waals surface area (Å²) in [6.45, 7) is 8.27. The molecule has 6 heteroatoms. The lowest BCUT2D eigenvalue weighted by molar-refractivity contribution is 0.328. The van der Waals surface area contributed by atoms with Gasteiger partial charge in [0, 0.05) is 31.5 Å². The van der Waals surface area contributed by atoms with Gasteiger partial charge in [0.1, 0.15) is 4.98 Å². The van der Waals surface area contributed by atoms with Crippen LogP contribution in [0, 0.1) is 10.8 Å². The molecule has 0 spiro atoms. The molecule has 23 heavy (non-hydrogen) atoms. The second kappa shape index (κ2) is 15.4. The van der Waals surface area contributed by atoms with Crippen molar-refractivity contribution in [2.24, 2.45) is 0 Å². The van der Waals surface area contributed by atoms with Gasteiger partial charge in [0.25, 0.3) is 0 Å². The summed E-state index contributed by atoms with van der Waals surface area (Å²) >= 11 is 0. The van der Waals surface area contributed by atoms with Crippen molar-refractivity contribution in [3.05, 3.63) is 22.2 Å². The Morgan fingerprint density at radius 3 is 2.13 bits per heavy atom. The molecule has 130 valence electrons. The topological polar surface area (TPSA) is 80.4 Å². The first kappa shape index (κ1) is 21.5. The number of diazo groups is 2. The summed E-state index contributed by atoms with van der Waals surface area (Å²) < 4.78 is 0. The fraction of sp³-hybridized carbons (Fsp3) is 0.882. The van der Waals surface area contributed by atoms with Gasteiger partial charge in [-0.1, -0.05) is 26.7 Å². The number of nitrogens with zero attached hydrogens (tertiary/aromatic N) is 4. The normalized spacial score (nSPS) is 15.0. The van der Waals surface area contributed by atoms with Crippen LogP contribution in [0.2, 0.25) is 0 Å². The molecule has 0 rings (SSSR count). The predicted molar refractivity (Wildman–Crippen MR) is 96.0 cm³/mol. The molecule has 3 atom stereocenters. The SMILES string of the molecule is CCCCNC(CCC=C[N+]#N)C(CC(C)[N+]#N)NCCCC. The van der Waals surface area contributed by atoms with Crippen LogP contribution in [0.3, 0.4) is 0 Å². The molecule has 0 aromatic carbocycles. The van der Waals surface area contributed by atoms with Crippen molar-refractivity contribution < 1.29 is 0 Å². The Kier molecular flexibility index (Phi) is 14.4. The highest BCUT2D eigenvalue weighted by molar-refractivity contribution is 4.92. The summed E-state index contributed by atoms with van der Waals surface area (Å²) in [5.41, 5.74) is 0. The largest absolute Gasteiger partial charge is 0.346 e. The summed E-state index contributed by atoms with van der Waals surface area (Å²) in [7, 11) is 0. The van der Waals surface area contributed by atoms with Gasteiger partial charge in [0.15, 0.2) is 4.98 Å². The molecule has 0 aliphatic heterocycles. The maximum Gasteiger partial charge on any atom is 0.346 e. The number of allylic oxidation sites excluding steroid dienone is 1. The second-order valence-corrected chi connectivity index (χ2v) is 6.11. The van der Waals surface area contributed by atoms with E-state index in [-0.39, 0.29) is 12.1 Å². The molecule has 0 fully saturated rings. The van der Waals surface area contributed by atoms with Crippen molar-refractivity contribution in [2.45, 2.75) is 83.8 Å². The zero-order valence-corrected chi connectivity index (χ0v) is 15.0. The smallest absolute Gasteiger partial charge is 0.312 e. The van der Waals surface area contributed by atoms with Crippen molar-refractivity contribution in [1.82, 2.24) is 10.6 Å². The molecule has 0 aliphatic carbocycles. The molecule has 0 radical (unpaired) electrons. The number of nitrogens with one attached hydrogen (secondary N) is 2. The third-order valence-electron chi connectivity index (χ3n) is 3.97. The molecule has 0 heterocycles. The van der Waals surface area contributed by atoms with Crippen LogP contribution in [0.15, 0.2) is 12.3 Å². The zero-order valence-electron chi connectivity index (χ0n) is 15.0. The Morgan fingerprint density at radius 1 is 1.00 bits per heavy atom. The molecule has 0 amide bonds. The lowest BCUT2D eigenvalue weighted by atomic mass is 9.96. The summed E-state index contributed by atoms with van der Waals surface area (Å²) in [5, 5.41) is 24.8. The number of unbranched alkanes of at least 4 members (excludes halogenated alkanes) is 2. The van der Waals surface area contributed by atoms with Gasteiger partial charge in [0.05, 0.1) is 0 Å². The average Bonchev–Trinajstić information content (AvgIpc) is 2.56. The van der Waals surface area contributed by atoms with Crippen LogP contribution in [0.4, 0.5) is 0 Å². The maximum absolute atomic E-state index is 9.02. The van der Waals surface area contributed by atoms with E-state index >= 15 is 0 Å². The average molecular weight is 323 g/mol. The molecule has 0 bridgehead atoms. The second-order valence-electron chi connectivity index (χ2n) is 6.11. The summed E-state index contributed by atoms with van der Waals surface area (Å²) in [5.74, 6) is 0. The molecule has 0 aromatic heterocycles. The fourth-order valence-electron chi connectivity index (χ4n) is 2.58. The first-order valence-electron chi connectivity index (χ1n) is 8.99. The Bertz CT molecular complexity index is 382. The number of hydrogen-bond donors (Lipinski definition) is 2. The molecule has 0 aromatic rings. The first-order valence-corrected chi connectivity index (χ1v) is 8.99. The molecule has 0 saturated heterocycles. The Morgan fingerprint density at radius 2 is 1.61 bits per heavy atom. The van der Waals surface area contributed by atoms with E-state index in [9.17, 15) is 0 Å². The molecule has 0 saturated carbocycles. The molecule has 2 N–H and O–H groups in total. The molecule has 3 unspecified atom stereocenters. The van der Waals surface area contributed by atoms with Gasteiger partial charge in [-0.2, -0.15) is 0 Å². The van der Waals surface area contributed by atoms with E-state index in [1.54, 1.807) is 0 Å². The summed E-state index contributed by atoms with van der Waals surface area (Å²) in [4.78, 5) is 6.43. The van der Waals surface area contributed by atoms with Crippen molar-refractivity contribution >= 4 is 0 Å². The lowest BCUT2D eigenvalue weighted by Crippen LogP contribution is -2.49. The van der Waals surface area contributed by atoms with E-state index in [4.69, 9.17) is 10.8 Å². The van der Waals surface area contributed by atoms with Gasteiger partial charge < -0.3 is 10.6 Å². The first-order chi connectivity index (χ1) is 11.2. The minimum absolute atomic E-state index is 0.0763. The van der Waals surface area contributed by atoms with E-state index < -0.39 is 0 Å². The van der Waals surface area contributed by atoms with Gasteiger partial charge in [-0.25, -0.2) is 0 Å². The van der Waals surface area contributed by atoms with E-state index in [0.717, 1.165) is 51.6 Å². The Labute approximate surface area is 141 Å². The van der Waals surface area contributed by atoms with Crippen molar-refractivity contribution in [3.8, 4) is 0 Å². The van der Waals surface area contributed by atoms with Gasteiger partial charge in [0.2, 0.25) is 10.8 Å².